The van der Waals surface area contributed by atoms with E-state index in [1.807, 2.05) is 0 Å². The first kappa shape index (κ1) is 9.44. The molecule has 2 heterocycles. The molecule has 0 aromatic carbocycles. The second kappa shape index (κ2) is 3.95. The zero-order chi connectivity index (χ0) is 9.15. The third-order valence-electron chi connectivity index (χ3n) is 3.49. The van der Waals surface area contributed by atoms with E-state index in [2.05, 4.69) is 5.32 Å². The summed E-state index contributed by atoms with van der Waals surface area (Å²) in [4.78, 5) is 0. The van der Waals surface area contributed by atoms with Crippen molar-refractivity contribution in [3.8, 4) is 0 Å². The van der Waals surface area contributed by atoms with E-state index >= 15 is 0 Å². The molecule has 0 bridgehead atoms. The Kier molecular flexibility index (Phi) is 2.86. The van der Waals surface area contributed by atoms with Crippen molar-refractivity contribution in [1.82, 2.24) is 5.32 Å². The molecule has 3 nitrogen and oxygen atoms in total. The highest BCUT2D eigenvalue weighted by molar-refractivity contribution is 4.88. The summed E-state index contributed by atoms with van der Waals surface area (Å²) >= 11 is 0. The molecule has 2 rings (SSSR count). The summed E-state index contributed by atoms with van der Waals surface area (Å²) in [7, 11) is 0. The highest BCUT2D eigenvalue weighted by atomic mass is 16.5. The molecule has 0 aromatic rings. The fourth-order valence-electron chi connectivity index (χ4n) is 2.41. The Balaban J connectivity index is 1.87. The molecule has 1 spiro atoms. The Morgan fingerprint density at radius 2 is 2.08 bits per heavy atom. The van der Waals surface area contributed by atoms with Crippen LogP contribution in [0, 0.1) is 5.41 Å². The lowest BCUT2D eigenvalue weighted by atomic mass is 9.74. The van der Waals surface area contributed by atoms with Crippen molar-refractivity contribution in [3.63, 3.8) is 0 Å². The van der Waals surface area contributed by atoms with E-state index < -0.39 is 0 Å². The fourth-order valence-corrected chi connectivity index (χ4v) is 2.41. The molecule has 0 aromatic heterocycles. The first-order valence-corrected chi connectivity index (χ1v) is 5.28. The Hall–Kier alpha value is -0.120. The van der Waals surface area contributed by atoms with Gasteiger partial charge in [-0.3, -0.25) is 0 Å². The molecule has 2 aliphatic heterocycles. The fraction of sp³-hybridized carbons (Fsp3) is 1.00. The van der Waals surface area contributed by atoms with E-state index in [-0.39, 0.29) is 12.7 Å². The predicted octanol–water partition coefficient (Wildman–Crippen LogP) is 0.527. The van der Waals surface area contributed by atoms with Gasteiger partial charge in [-0.15, -0.1) is 0 Å². The van der Waals surface area contributed by atoms with Gasteiger partial charge in [-0.05, 0) is 44.2 Å². The Bertz CT molecular complexity index is 156. The van der Waals surface area contributed by atoms with Gasteiger partial charge in [-0.1, -0.05) is 0 Å². The number of piperidine rings is 1. The molecule has 76 valence electrons. The van der Waals surface area contributed by atoms with Crippen LogP contribution < -0.4 is 5.32 Å². The van der Waals surface area contributed by atoms with Crippen LogP contribution in [0.5, 0.6) is 0 Å². The topological polar surface area (TPSA) is 41.5 Å². The standard InChI is InChI=1S/C10H19NO2/c12-7-9-1-2-10(8-13-9)3-5-11-6-4-10/h9,11-12H,1-8H2. The molecular formula is C10H19NO2. The summed E-state index contributed by atoms with van der Waals surface area (Å²) in [5, 5.41) is 12.3. The monoisotopic (exact) mass is 185 g/mol. The summed E-state index contributed by atoms with van der Waals surface area (Å²) in [5.74, 6) is 0. The largest absolute Gasteiger partial charge is 0.394 e. The zero-order valence-corrected chi connectivity index (χ0v) is 8.09. The minimum absolute atomic E-state index is 0.112. The van der Waals surface area contributed by atoms with Gasteiger partial charge in [-0.2, -0.15) is 0 Å². The summed E-state index contributed by atoms with van der Waals surface area (Å²) < 4.78 is 5.64. The molecule has 1 atom stereocenters. The molecule has 0 radical (unpaired) electrons. The van der Waals surface area contributed by atoms with Crippen LogP contribution in [-0.4, -0.2) is 37.5 Å². The van der Waals surface area contributed by atoms with Crippen molar-refractivity contribution in [1.29, 1.82) is 0 Å². The van der Waals surface area contributed by atoms with E-state index in [1.165, 1.54) is 19.3 Å². The van der Waals surface area contributed by atoms with E-state index in [9.17, 15) is 0 Å². The van der Waals surface area contributed by atoms with E-state index in [0.717, 1.165) is 26.1 Å². The maximum atomic E-state index is 8.94. The third kappa shape index (κ3) is 2.03. The molecule has 2 N–H and O–H groups in total. The Labute approximate surface area is 79.5 Å². The second-order valence-corrected chi connectivity index (χ2v) is 4.40. The molecular weight excluding hydrogens is 166 g/mol. The third-order valence-corrected chi connectivity index (χ3v) is 3.49. The van der Waals surface area contributed by atoms with Gasteiger partial charge in [-0.25, -0.2) is 0 Å². The second-order valence-electron chi connectivity index (χ2n) is 4.40. The molecule has 13 heavy (non-hydrogen) atoms. The van der Waals surface area contributed by atoms with E-state index in [1.54, 1.807) is 0 Å². The van der Waals surface area contributed by atoms with Crippen molar-refractivity contribution < 1.29 is 9.84 Å². The van der Waals surface area contributed by atoms with Crippen LogP contribution in [0.3, 0.4) is 0 Å². The molecule has 2 fully saturated rings. The quantitative estimate of drug-likeness (QED) is 0.626. The van der Waals surface area contributed by atoms with Gasteiger partial charge in [0.15, 0.2) is 0 Å². The molecule has 0 aliphatic carbocycles. The number of nitrogens with one attached hydrogen (secondary N) is 1. The molecule has 2 aliphatic rings. The normalized spacial score (nSPS) is 33.5. The molecule has 3 heteroatoms. The predicted molar refractivity (Wildman–Crippen MR) is 50.6 cm³/mol. The van der Waals surface area contributed by atoms with Crippen molar-refractivity contribution in [2.75, 3.05) is 26.3 Å². The lowest BCUT2D eigenvalue weighted by Gasteiger charge is -2.42. The van der Waals surface area contributed by atoms with Crippen molar-refractivity contribution in [2.45, 2.75) is 31.8 Å². The Morgan fingerprint density at radius 3 is 2.62 bits per heavy atom. The van der Waals surface area contributed by atoms with Gasteiger partial charge in [0.1, 0.15) is 0 Å². The minimum atomic E-state index is 0.112. The maximum absolute atomic E-state index is 8.94. The van der Waals surface area contributed by atoms with Gasteiger partial charge >= 0.3 is 0 Å². The smallest absolute Gasteiger partial charge is 0.0806 e. The van der Waals surface area contributed by atoms with Crippen LogP contribution in [0.2, 0.25) is 0 Å². The molecule has 2 saturated heterocycles. The van der Waals surface area contributed by atoms with Crippen molar-refractivity contribution in [2.24, 2.45) is 5.41 Å². The van der Waals surface area contributed by atoms with Gasteiger partial charge in [0, 0.05) is 0 Å². The van der Waals surface area contributed by atoms with Gasteiger partial charge in [0.25, 0.3) is 0 Å². The Morgan fingerprint density at radius 1 is 1.31 bits per heavy atom. The number of hydrogen-bond donors (Lipinski definition) is 2. The van der Waals surface area contributed by atoms with Crippen LogP contribution >= 0.6 is 0 Å². The lowest BCUT2D eigenvalue weighted by molar-refractivity contribution is -0.0909. The highest BCUT2D eigenvalue weighted by Crippen LogP contribution is 2.38. The number of aliphatic hydroxyl groups excluding tert-OH is 1. The van der Waals surface area contributed by atoms with Crippen LogP contribution in [0.1, 0.15) is 25.7 Å². The number of aliphatic hydroxyl groups is 1. The van der Waals surface area contributed by atoms with Crippen molar-refractivity contribution >= 4 is 0 Å². The average molecular weight is 185 g/mol. The number of rotatable bonds is 1. The first-order chi connectivity index (χ1) is 6.35. The van der Waals surface area contributed by atoms with Crippen LogP contribution in [0.25, 0.3) is 0 Å². The first-order valence-electron chi connectivity index (χ1n) is 5.28. The minimum Gasteiger partial charge on any atom is -0.394 e. The summed E-state index contributed by atoms with van der Waals surface area (Å²) in [6, 6.07) is 0. The lowest BCUT2D eigenvalue weighted by Crippen LogP contribution is -2.44. The molecule has 0 saturated carbocycles. The van der Waals surface area contributed by atoms with Crippen molar-refractivity contribution in [3.05, 3.63) is 0 Å². The number of ether oxygens (including phenoxy) is 1. The zero-order valence-electron chi connectivity index (χ0n) is 8.09. The van der Waals surface area contributed by atoms with Gasteiger partial charge in [0.2, 0.25) is 0 Å². The maximum Gasteiger partial charge on any atom is 0.0806 e. The van der Waals surface area contributed by atoms with Crippen LogP contribution in [0.15, 0.2) is 0 Å². The van der Waals surface area contributed by atoms with Gasteiger partial charge < -0.3 is 15.2 Å². The number of hydrogen-bond acceptors (Lipinski definition) is 3. The average Bonchev–Trinajstić information content (AvgIpc) is 2.20. The summed E-state index contributed by atoms with van der Waals surface area (Å²) in [6.45, 7) is 3.31. The molecule has 1 unspecified atom stereocenters. The highest BCUT2D eigenvalue weighted by Gasteiger charge is 2.36. The molecule has 0 amide bonds. The van der Waals surface area contributed by atoms with E-state index in [4.69, 9.17) is 9.84 Å². The summed E-state index contributed by atoms with van der Waals surface area (Å²) in [6.07, 6.45) is 4.87. The van der Waals surface area contributed by atoms with E-state index in [0.29, 0.717) is 5.41 Å². The summed E-state index contributed by atoms with van der Waals surface area (Å²) in [5.41, 5.74) is 0.441. The van der Waals surface area contributed by atoms with Crippen LogP contribution in [-0.2, 0) is 4.74 Å². The van der Waals surface area contributed by atoms with Gasteiger partial charge in [0.05, 0.1) is 19.3 Å². The van der Waals surface area contributed by atoms with Crippen LogP contribution in [0.4, 0.5) is 0 Å². The SMILES string of the molecule is OCC1CCC2(CCNCC2)CO1.